The molecular formula is C8H14N4O3. The first kappa shape index (κ1) is 11.6. The Morgan fingerprint density at radius 3 is 2.47 bits per heavy atom. The van der Waals surface area contributed by atoms with E-state index in [1.807, 2.05) is 0 Å². The summed E-state index contributed by atoms with van der Waals surface area (Å²) in [7, 11) is 0. The van der Waals surface area contributed by atoms with Crippen molar-refractivity contribution in [1.82, 2.24) is 14.9 Å². The van der Waals surface area contributed by atoms with E-state index in [0.717, 1.165) is 0 Å². The second-order valence-electron chi connectivity index (χ2n) is 3.27. The van der Waals surface area contributed by atoms with Gasteiger partial charge in [-0.2, -0.15) is 0 Å². The normalized spacial score (nSPS) is 14.7. The fourth-order valence-corrected chi connectivity index (χ4v) is 0.991. The molecule has 3 N–H and O–H groups in total. The van der Waals surface area contributed by atoms with Crippen molar-refractivity contribution in [3.05, 3.63) is 11.6 Å². The molecule has 1 aromatic heterocycles. The zero-order chi connectivity index (χ0) is 11.6. The van der Waals surface area contributed by atoms with Gasteiger partial charge in [0.2, 0.25) is 0 Å². The van der Waals surface area contributed by atoms with Gasteiger partial charge in [-0.05, 0) is 20.8 Å². The van der Waals surface area contributed by atoms with Gasteiger partial charge in [0.15, 0.2) is 5.82 Å². The SMILES string of the molecule is Cc1nnc(C(C)O)n1NC(=O)C(C)O. The van der Waals surface area contributed by atoms with Crippen LogP contribution in [0.1, 0.15) is 31.6 Å². The van der Waals surface area contributed by atoms with Gasteiger partial charge in [0, 0.05) is 0 Å². The molecule has 0 fully saturated rings. The van der Waals surface area contributed by atoms with Crippen LogP contribution < -0.4 is 5.43 Å². The third kappa shape index (κ3) is 2.51. The molecule has 7 nitrogen and oxygen atoms in total. The molecule has 0 spiro atoms. The molecular weight excluding hydrogens is 200 g/mol. The van der Waals surface area contributed by atoms with Gasteiger partial charge in [-0.15, -0.1) is 10.2 Å². The molecule has 0 aliphatic rings. The van der Waals surface area contributed by atoms with Crippen LogP contribution in [0.3, 0.4) is 0 Å². The van der Waals surface area contributed by atoms with Crippen LogP contribution in [0.25, 0.3) is 0 Å². The number of aryl methyl sites for hydroxylation is 1. The van der Waals surface area contributed by atoms with Crippen LogP contribution in [0, 0.1) is 6.92 Å². The highest BCUT2D eigenvalue weighted by Crippen LogP contribution is 2.08. The van der Waals surface area contributed by atoms with Crippen LogP contribution in [-0.2, 0) is 4.79 Å². The van der Waals surface area contributed by atoms with E-state index >= 15 is 0 Å². The van der Waals surface area contributed by atoms with Gasteiger partial charge < -0.3 is 10.2 Å². The number of rotatable bonds is 3. The summed E-state index contributed by atoms with van der Waals surface area (Å²) in [6.07, 6.45) is -1.98. The van der Waals surface area contributed by atoms with E-state index in [4.69, 9.17) is 5.11 Å². The van der Waals surface area contributed by atoms with Crippen molar-refractivity contribution in [2.45, 2.75) is 33.0 Å². The van der Waals surface area contributed by atoms with E-state index < -0.39 is 18.1 Å². The Labute approximate surface area is 86.7 Å². The third-order valence-corrected chi connectivity index (χ3v) is 1.82. The van der Waals surface area contributed by atoms with E-state index in [1.54, 1.807) is 6.92 Å². The van der Waals surface area contributed by atoms with Crippen molar-refractivity contribution in [1.29, 1.82) is 0 Å². The molecule has 0 aliphatic carbocycles. The van der Waals surface area contributed by atoms with Crippen molar-refractivity contribution >= 4 is 5.91 Å². The maximum atomic E-state index is 11.2. The summed E-state index contributed by atoms with van der Waals surface area (Å²) in [4.78, 5) is 11.2. The number of hydrogen-bond acceptors (Lipinski definition) is 5. The fraction of sp³-hybridized carbons (Fsp3) is 0.625. The highest BCUT2D eigenvalue weighted by molar-refractivity contribution is 5.87. The molecule has 1 amide bonds. The highest BCUT2D eigenvalue weighted by atomic mass is 16.3. The zero-order valence-corrected chi connectivity index (χ0v) is 8.80. The molecule has 0 saturated carbocycles. The molecule has 0 aliphatic heterocycles. The highest BCUT2D eigenvalue weighted by Gasteiger charge is 2.17. The Balaban J connectivity index is 2.93. The lowest BCUT2D eigenvalue weighted by Gasteiger charge is -2.12. The quantitative estimate of drug-likeness (QED) is 0.605. The van der Waals surface area contributed by atoms with E-state index in [-0.39, 0.29) is 5.82 Å². The van der Waals surface area contributed by atoms with E-state index in [9.17, 15) is 9.90 Å². The lowest BCUT2D eigenvalue weighted by Crippen LogP contribution is -2.33. The summed E-state index contributed by atoms with van der Waals surface area (Å²) in [6, 6.07) is 0. The molecule has 0 aromatic carbocycles. The Hall–Kier alpha value is -1.47. The molecule has 84 valence electrons. The number of aliphatic hydroxyl groups excluding tert-OH is 2. The van der Waals surface area contributed by atoms with Gasteiger partial charge in [0.25, 0.3) is 5.91 Å². The van der Waals surface area contributed by atoms with Crippen molar-refractivity contribution < 1.29 is 15.0 Å². The lowest BCUT2D eigenvalue weighted by atomic mass is 10.4. The van der Waals surface area contributed by atoms with Crippen LogP contribution in [0.5, 0.6) is 0 Å². The van der Waals surface area contributed by atoms with Gasteiger partial charge in [-0.3, -0.25) is 10.2 Å². The molecule has 0 saturated heterocycles. The standard InChI is InChI=1S/C8H14N4O3/c1-4(13)7-10-9-6(3)12(7)11-8(15)5(2)14/h4-5,13-14H,1-3H3,(H,11,15). The van der Waals surface area contributed by atoms with Crippen molar-refractivity contribution in [2.24, 2.45) is 0 Å². The number of aromatic nitrogens is 3. The average Bonchev–Trinajstić information content (AvgIpc) is 2.48. The predicted molar refractivity (Wildman–Crippen MR) is 51.4 cm³/mol. The van der Waals surface area contributed by atoms with Gasteiger partial charge in [0.05, 0.1) is 0 Å². The molecule has 1 aromatic rings. The number of carbonyl (C=O) groups excluding carboxylic acids is 1. The van der Waals surface area contributed by atoms with E-state index in [2.05, 4.69) is 15.6 Å². The Morgan fingerprint density at radius 1 is 1.40 bits per heavy atom. The van der Waals surface area contributed by atoms with Crippen LogP contribution in [0.15, 0.2) is 0 Å². The third-order valence-electron chi connectivity index (χ3n) is 1.82. The van der Waals surface area contributed by atoms with Crippen molar-refractivity contribution in [2.75, 3.05) is 5.43 Å². The summed E-state index contributed by atoms with van der Waals surface area (Å²) in [5.74, 6) is 0.0706. The number of nitrogens with zero attached hydrogens (tertiary/aromatic N) is 3. The molecule has 0 radical (unpaired) electrons. The van der Waals surface area contributed by atoms with E-state index in [0.29, 0.717) is 5.82 Å². The first-order valence-corrected chi connectivity index (χ1v) is 4.52. The molecule has 15 heavy (non-hydrogen) atoms. The summed E-state index contributed by atoms with van der Waals surface area (Å²) < 4.78 is 1.25. The fourth-order valence-electron chi connectivity index (χ4n) is 0.991. The summed E-state index contributed by atoms with van der Waals surface area (Å²) >= 11 is 0. The molecule has 0 bridgehead atoms. The topological polar surface area (TPSA) is 100 Å². The smallest absolute Gasteiger partial charge is 0.267 e. The Kier molecular flexibility index (Phi) is 3.38. The summed E-state index contributed by atoms with van der Waals surface area (Å²) in [5.41, 5.74) is 2.38. The molecule has 2 unspecified atom stereocenters. The average molecular weight is 214 g/mol. The number of nitrogens with one attached hydrogen (secondary N) is 1. The van der Waals surface area contributed by atoms with Crippen LogP contribution >= 0.6 is 0 Å². The second-order valence-corrected chi connectivity index (χ2v) is 3.27. The maximum absolute atomic E-state index is 11.2. The first-order chi connectivity index (χ1) is 6.93. The van der Waals surface area contributed by atoms with Gasteiger partial charge in [-0.1, -0.05) is 0 Å². The van der Waals surface area contributed by atoms with Crippen molar-refractivity contribution in [3.8, 4) is 0 Å². The lowest BCUT2D eigenvalue weighted by molar-refractivity contribution is -0.124. The predicted octanol–water partition coefficient (Wildman–Crippen LogP) is -0.909. The Bertz CT molecular complexity index is 359. The number of carbonyl (C=O) groups is 1. The molecule has 2 atom stereocenters. The Morgan fingerprint density at radius 2 is 2.00 bits per heavy atom. The zero-order valence-electron chi connectivity index (χ0n) is 8.80. The minimum atomic E-state index is -1.13. The van der Waals surface area contributed by atoms with E-state index in [1.165, 1.54) is 18.5 Å². The van der Waals surface area contributed by atoms with Crippen LogP contribution in [0.2, 0.25) is 0 Å². The number of amides is 1. The van der Waals surface area contributed by atoms with Crippen LogP contribution in [-0.4, -0.2) is 37.1 Å². The molecule has 1 heterocycles. The molecule has 7 heteroatoms. The minimum Gasteiger partial charge on any atom is -0.385 e. The van der Waals surface area contributed by atoms with Gasteiger partial charge in [0.1, 0.15) is 18.0 Å². The largest absolute Gasteiger partial charge is 0.385 e. The van der Waals surface area contributed by atoms with Gasteiger partial charge in [-0.25, -0.2) is 4.68 Å². The number of aliphatic hydroxyl groups is 2. The summed E-state index contributed by atoms with van der Waals surface area (Å²) in [6.45, 7) is 4.48. The summed E-state index contributed by atoms with van der Waals surface area (Å²) in [5, 5.41) is 25.7. The number of hydrogen-bond donors (Lipinski definition) is 3. The van der Waals surface area contributed by atoms with Gasteiger partial charge >= 0.3 is 0 Å². The first-order valence-electron chi connectivity index (χ1n) is 4.52. The second kappa shape index (κ2) is 4.37. The molecule has 1 rings (SSSR count). The van der Waals surface area contributed by atoms with Crippen molar-refractivity contribution in [3.63, 3.8) is 0 Å². The van der Waals surface area contributed by atoms with Crippen LogP contribution in [0.4, 0.5) is 0 Å². The maximum Gasteiger partial charge on any atom is 0.267 e. The monoisotopic (exact) mass is 214 g/mol. The minimum absolute atomic E-state index is 0.224.